The van der Waals surface area contributed by atoms with Crippen molar-refractivity contribution in [3.05, 3.63) is 23.0 Å². The fraction of sp³-hybridized carbons (Fsp3) is 0.556. The maximum atomic E-state index is 12.5. The topological polar surface area (TPSA) is 94.3 Å². The third kappa shape index (κ3) is 3.97. The standard InChI is InChI=1S/C18H23N3O4/c1-4-5-10(2)19-15(22)9-24-18(23)13-8-14(12-6-7-12)20-17-16(13)11(3)21-25-17/h8,10,12H,4-7,9H2,1-3H3,(H,19,22). The van der Waals surface area contributed by atoms with Crippen molar-refractivity contribution in [2.45, 2.75) is 58.4 Å². The average molecular weight is 345 g/mol. The Hall–Kier alpha value is -2.44. The number of esters is 1. The van der Waals surface area contributed by atoms with Gasteiger partial charge in [-0.1, -0.05) is 18.5 Å². The molecule has 1 fully saturated rings. The van der Waals surface area contributed by atoms with Gasteiger partial charge in [-0.15, -0.1) is 0 Å². The Bertz CT molecular complexity index is 795. The third-order valence-electron chi connectivity index (χ3n) is 4.32. The second kappa shape index (κ2) is 7.21. The van der Waals surface area contributed by atoms with Gasteiger partial charge in [-0.2, -0.15) is 0 Å². The van der Waals surface area contributed by atoms with E-state index in [-0.39, 0.29) is 18.6 Å². The van der Waals surface area contributed by atoms with E-state index in [2.05, 4.69) is 22.4 Å². The number of pyridine rings is 1. The highest BCUT2D eigenvalue weighted by molar-refractivity contribution is 6.03. The van der Waals surface area contributed by atoms with E-state index in [0.29, 0.717) is 28.3 Å². The van der Waals surface area contributed by atoms with Crippen molar-refractivity contribution in [2.75, 3.05) is 6.61 Å². The maximum Gasteiger partial charge on any atom is 0.339 e. The van der Waals surface area contributed by atoms with Gasteiger partial charge in [0.15, 0.2) is 6.61 Å². The van der Waals surface area contributed by atoms with Gasteiger partial charge in [0.2, 0.25) is 0 Å². The predicted octanol–water partition coefficient (Wildman–Crippen LogP) is 2.87. The summed E-state index contributed by atoms with van der Waals surface area (Å²) in [5, 5.41) is 7.25. The molecule has 2 heterocycles. The van der Waals surface area contributed by atoms with Crippen LogP contribution in [0.15, 0.2) is 10.6 Å². The Morgan fingerprint density at radius 3 is 2.88 bits per heavy atom. The Morgan fingerprint density at radius 2 is 2.20 bits per heavy atom. The SMILES string of the molecule is CCCC(C)NC(=O)COC(=O)c1cc(C2CC2)nc2onc(C)c12. The number of hydrogen-bond donors (Lipinski definition) is 1. The van der Waals surface area contributed by atoms with Crippen molar-refractivity contribution in [3.8, 4) is 0 Å². The van der Waals surface area contributed by atoms with Crippen LogP contribution in [0.3, 0.4) is 0 Å². The molecule has 0 aliphatic heterocycles. The van der Waals surface area contributed by atoms with Crippen LogP contribution in [0.5, 0.6) is 0 Å². The van der Waals surface area contributed by atoms with Gasteiger partial charge >= 0.3 is 5.97 Å². The molecule has 1 unspecified atom stereocenters. The van der Waals surface area contributed by atoms with E-state index in [9.17, 15) is 9.59 Å². The van der Waals surface area contributed by atoms with Gasteiger partial charge in [0, 0.05) is 17.7 Å². The molecule has 7 heteroatoms. The minimum absolute atomic E-state index is 0.0608. The molecule has 1 atom stereocenters. The first-order chi connectivity index (χ1) is 12.0. The smallest absolute Gasteiger partial charge is 0.339 e. The minimum atomic E-state index is -0.557. The molecule has 1 N–H and O–H groups in total. The van der Waals surface area contributed by atoms with Crippen LogP contribution in [0.25, 0.3) is 11.1 Å². The van der Waals surface area contributed by atoms with Crippen LogP contribution in [0.2, 0.25) is 0 Å². The summed E-state index contributed by atoms with van der Waals surface area (Å²) in [6, 6.07) is 1.80. The minimum Gasteiger partial charge on any atom is -0.452 e. The number of amides is 1. The molecule has 25 heavy (non-hydrogen) atoms. The number of fused-ring (bicyclic) bond motifs is 1. The van der Waals surface area contributed by atoms with Crippen molar-refractivity contribution in [1.29, 1.82) is 0 Å². The van der Waals surface area contributed by atoms with Crippen molar-refractivity contribution in [3.63, 3.8) is 0 Å². The fourth-order valence-corrected chi connectivity index (χ4v) is 2.89. The number of nitrogens with one attached hydrogen (secondary N) is 1. The number of carbonyl (C=O) groups is 2. The third-order valence-corrected chi connectivity index (χ3v) is 4.32. The first kappa shape index (κ1) is 17.4. The van der Waals surface area contributed by atoms with E-state index < -0.39 is 5.97 Å². The summed E-state index contributed by atoms with van der Waals surface area (Å²) in [6.45, 7) is 5.42. The van der Waals surface area contributed by atoms with Gasteiger partial charge in [0.1, 0.15) is 0 Å². The molecule has 0 aromatic carbocycles. The van der Waals surface area contributed by atoms with Gasteiger partial charge in [0.25, 0.3) is 11.6 Å². The summed E-state index contributed by atoms with van der Waals surface area (Å²) in [5.41, 5.74) is 2.10. The molecule has 1 amide bonds. The predicted molar refractivity (Wildman–Crippen MR) is 91.3 cm³/mol. The first-order valence-corrected chi connectivity index (χ1v) is 8.73. The van der Waals surface area contributed by atoms with Crippen LogP contribution in [0.1, 0.15) is 67.2 Å². The number of carbonyl (C=O) groups excluding carboxylic acids is 2. The molecule has 0 radical (unpaired) electrons. The number of rotatable bonds is 7. The van der Waals surface area contributed by atoms with Crippen LogP contribution in [0, 0.1) is 6.92 Å². The lowest BCUT2D eigenvalue weighted by Gasteiger charge is -2.13. The van der Waals surface area contributed by atoms with Crippen molar-refractivity contribution in [2.24, 2.45) is 0 Å². The van der Waals surface area contributed by atoms with Gasteiger partial charge in [-0.25, -0.2) is 9.78 Å². The van der Waals surface area contributed by atoms with E-state index in [1.165, 1.54) is 0 Å². The number of ether oxygens (including phenoxy) is 1. The largest absolute Gasteiger partial charge is 0.452 e. The summed E-state index contributed by atoms with van der Waals surface area (Å²) in [7, 11) is 0. The van der Waals surface area contributed by atoms with Gasteiger partial charge in [-0.05, 0) is 39.2 Å². The monoisotopic (exact) mass is 345 g/mol. The van der Waals surface area contributed by atoms with Crippen LogP contribution in [-0.2, 0) is 9.53 Å². The number of aryl methyl sites for hydroxylation is 1. The molecular weight excluding hydrogens is 322 g/mol. The molecule has 0 saturated heterocycles. The molecule has 1 aliphatic carbocycles. The lowest BCUT2D eigenvalue weighted by molar-refractivity contribution is -0.124. The summed E-state index contributed by atoms with van der Waals surface area (Å²) in [4.78, 5) is 28.9. The van der Waals surface area contributed by atoms with Gasteiger partial charge in [-0.3, -0.25) is 4.79 Å². The molecule has 1 aliphatic rings. The van der Waals surface area contributed by atoms with Crippen LogP contribution >= 0.6 is 0 Å². The molecule has 0 spiro atoms. The van der Waals surface area contributed by atoms with Gasteiger partial charge < -0.3 is 14.6 Å². The second-order valence-electron chi connectivity index (χ2n) is 6.65. The highest BCUT2D eigenvalue weighted by Crippen LogP contribution is 2.40. The van der Waals surface area contributed by atoms with Crippen LogP contribution < -0.4 is 5.32 Å². The Labute approximate surface area is 146 Å². The average Bonchev–Trinajstić information content (AvgIpc) is 3.36. The quantitative estimate of drug-likeness (QED) is 0.776. The molecule has 2 aromatic heterocycles. The van der Waals surface area contributed by atoms with Crippen LogP contribution in [-0.4, -0.2) is 34.7 Å². The van der Waals surface area contributed by atoms with Crippen molar-refractivity contribution < 1.29 is 18.8 Å². The molecule has 3 rings (SSSR count). The number of aromatic nitrogens is 2. The van der Waals surface area contributed by atoms with E-state index >= 15 is 0 Å². The maximum absolute atomic E-state index is 12.5. The van der Waals surface area contributed by atoms with E-state index in [1.54, 1.807) is 13.0 Å². The zero-order chi connectivity index (χ0) is 18.0. The molecule has 7 nitrogen and oxygen atoms in total. The Kier molecular flexibility index (Phi) is 5.01. The number of hydrogen-bond acceptors (Lipinski definition) is 6. The summed E-state index contributed by atoms with van der Waals surface area (Å²) >= 11 is 0. The van der Waals surface area contributed by atoms with E-state index in [0.717, 1.165) is 31.4 Å². The lowest BCUT2D eigenvalue weighted by Crippen LogP contribution is -2.35. The highest BCUT2D eigenvalue weighted by atomic mass is 16.5. The van der Waals surface area contributed by atoms with Crippen molar-refractivity contribution >= 4 is 23.0 Å². The lowest BCUT2D eigenvalue weighted by atomic mass is 10.1. The fourth-order valence-electron chi connectivity index (χ4n) is 2.89. The summed E-state index contributed by atoms with van der Waals surface area (Å²) < 4.78 is 10.4. The molecule has 134 valence electrons. The van der Waals surface area contributed by atoms with Crippen LogP contribution in [0.4, 0.5) is 0 Å². The zero-order valence-electron chi connectivity index (χ0n) is 14.8. The Balaban J connectivity index is 1.73. The highest BCUT2D eigenvalue weighted by Gasteiger charge is 2.29. The normalized spacial score (nSPS) is 15.2. The summed E-state index contributed by atoms with van der Waals surface area (Å²) in [5.74, 6) is -0.498. The zero-order valence-corrected chi connectivity index (χ0v) is 14.8. The molecular formula is C18H23N3O4. The van der Waals surface area contributed by atoms with E-state index in [4.69, 9.17) is 9.26 Å². The number of nitrogens with zero attached hydrogens (tertiary/aromatic N) is 2. The first-order valence-electron chi connectivity index (χ1n) is 8.73. The van der Waals surface area contributed by atoms with Gasteiger partial charge in [0.05, 0.1) is 16.6 Å². The molecule has 2 aromatic rings. The Morgan fingerprint density at radius 1 is 1.44 bits per heavy atom. The second-order valence-corrected chi connectivity index (χ2v) is 6.65. The van der Waals surface area contributed by atoms with E-state index in [1.807, 2.05) is 6.92 Å². The molecule has 1 saturated carbocycles. The summed E-state index contributed by atoms with van der Waals surface area (Å²) in [6.07, 6.45) is 3.97. The molecule has 0 bridgehead atoms. The van der Waals surface area contributed by atoms with Crippen molar-refractivity contribution in [1.82, 2.24) is 15.5 Å².